The maximum absolute atomic E-state index is 13.1. The number of esters is 1. The van der Waals surface area contributed by atoms with E-state index >= 15 is 0 Å². The Morgan fingerprint density at radius 1 is 1.13 bits per heavy atom. The van der Waals surface area contributed by atoms with E-state index in [2.05, 4.69) is 0 Å². The van der Waals surface area contributed by atoms with E-state index in [1.807, 2.05) is 45.0 Å². The van der Waals surface area contributed by atoms with Gasteiger partial charge in [0, 0.05) is 12.1 Å². The third kappa shape index (κ3) is 4.53. The van der Waals surface area contributed by atoms with Crippen LogP contribution in [0.15, 0.2) is 59.9 Å². The first-order valence-electron chi connectivity index (χ1n) is 10.4. The maximum Gasteiger partial charge on any atom is 0.338 e. The Morgan fingerprint density at radius 3 is 2.48 bits per heavy atom. The summed E-state index contributed by atoms with van der Waals surface area (Å²) >= 11 is 0. The predicted octanol–water partition coefficient (Wildman–Crippen LogP) is 4.69. The molecule has 0 aliphatic carbocycles. The number of amides is 1. The van der Waals surface area contributed by atoms with Crippen molar-refractivity contribution in [3.8, 4) is 0 Å². The number of ketones is 1. The van der Waals surface area contributed by atoms with Crippen molar-refractivity contribution in [3.63, 3.8) is 0 Å². The number of rotatable bonds is 7. The van der Waals surface area contributed by atoms with Crippen LogP contribution in [0, 0.1) is 12.8 Å². The number of hydrogen-bond acceptors (Lipinski definition) is 5. The van der Waals surface area contributed by atoms with Gasteiger partial charge in [-0.1, -0.05) is 49.7 Å². The van der Waals surface area contributed by atoms with Gasteiger partial charge in [-0.15, -0.1) is 0 Å². The van der Waals surface area contributed by atoms with Crippen molar-refractivity contribution in [2.24, 2.45) is 5.92 Å². The molecule has 1 amide bonds. The molecule has 0 saturated heterocycles. The van der Waals surface area contributed by atoms with Gasteiger partial charge in [0.25, 0.3) is 5.91 Å². The van der Waals surface area contributed by atoms with Crippen LogP contribution in [0.3, 0.4) is 0 Å². The number of aryl methyl sites for hydroxylation is 1. The minimum absolute atomic E-state index is 0.0715. The van der Waals surface area contributed by atoms with Gasteiger partial charge in [0.15, 0.2) is 11.5 Å². The molecule has 2 aromatic rings. The molecule has 1 aliphatic rings. The summed E-state index contributed by atoms with van der Waals surface area (Å²) in [7, 11) is 0. The van der Waals surface area contributed by atoms with Crippen LogP contribution in [0.25, 0.3) is 0 Å². The monoisotopic (exact) mass is 421 g/mol. The largest absolute Gasteiger partial charge is 0.503 e. The highest BCUT2D eigenvalue weighted by atomic mass is 16.5. The first-order chi connectivity index (χ1) is 14.7. The van der Waals surface area contributed by atoms with Gasteiger partial charge in [0.05, 0.1) is 23.8 Å². The lowest BCUT2D eigenvalue weighted by Crippen LogP contribution is -2.31. The second kappa shape index (κ2) is 9.16. The van der Waals surface area contributed by atoms with Crippen LogP contribution in [0.1, 0.15) is 54.7 Å². The molecule has 1 heterocycles. The van der Waals surface area contributed by atoms with Crippen molar-refractivity contribution in [2.75, 3.05) is 11.5 Å². The van der Waals surface area contributed by atoms with Gasteiger partial charge in [-0.3, -0.25) is 14.5 Å². The van der Waals surface area contributed by atoms with Crippen molar-refractivity contribution < 1.29 is 24.2 Å². The molecule has 1 unspecified atom stereocenters. The lowest BCUT2D eigenvalue weighted by molar-refractivity contribution is -0.118. The van der Waals surface area contributed by atoms with E-state index in [4.69, 9.17) is 4.74 Å². The van der Waals surface area contributed by atoms with Gasteiger partial charge in [-0.25, -0.2) is 4.79 Å². The number of aliphatic hydroxyl groups is 1. The summed E-state index contributed by atoms with van der Waals surface area (Å²) in [6.07, 6.45) is 0.214. The molecule has 0 radical (unpaired) electrons. The van der Waals surface area contributed by atoms with Crippen LogP contribution in [0.2, 0.25) is 0 Å². The second-order valence-electron chi connectivity index (χ2n) is 8.05. The summed E-state index contributed by atoms with van der Waals surface area (Å²) in [4.78, 5) is 39.8. The first-order valence-corrected chi connectivity index (χ1v) is 10.4. The molecular weight excluding hydrogens is 394 g/mol. The Morgan fingerprint density at radius 2 is 1.84 bits per heavy atom. The summed E-state index contributed by atoms with van der Waals surface area (Å²) in [6, 6.07) is 13.2. The number of hydrogen-bond donors (Lipinski definition) is 1. The molecule has 2 aromatic carbocycles. The third-order valence-corrected chi connectivity index (χ3v) is 5.10. The quantitative estimate of drug-likeness (QED) is 0.656. The zero-order valence-corrected chi connectivity index (χ0v) is 18.2. The van der Waals surface area contributed by atoms with E-state index in [1.165, 1.54) is 4.90 Å². The Balaban J connectivity index is 2.13. The van der Waals surface area contributed by atoms with Crippen molar-refractivity contribution in [3.05, 3.63) is 76.6 Å². The summed E-state index contributed by atoms with van der Waals surface area (Å²) < 4.78 is 5.07. The predicted molar refractivity (Wildman–Crippen MR) is 118 cm³/mol. The highest BCUT2D eigenvalue weighted by Crippen LogP contribution is 2.42. The zero-order valence-electron chi connectivity index (χ0n) is 18.2. The molecule has 3 rings (SSSR count). The zero-order chi connectivity index (χ0) is 22.7. The number of Topliss-reactive ketones (excluding diaryl/α,β-unsaturated/α-hetero) is 1. The fourth-order valence-corrected chi connectivity index (χ4v) is 3.79. The molecule has 0 fully saturated rings. The van der Waals surface area contributed by atoms with Gasteiger partial charge in [-0.2, -0.15) is 0 Å². The van der Waals surface area contributed by atoms with E-state index in [0.717, 1.165) is 5.56 Å². The van der Waals surface area contributed by atoms with Crippen LogP contribution < -0.4 is 4.90 Å². The molecule has 1 atom stereocenters. The Kier molecular flexibility index (Phi) is 6.59. The van der Waals surface area contributed by atoms with E-state index < -0.39 is 23.7 Å². The Hall–Kier alpha value is -3.41. The third-order valence-electron chi connectivity index (χ3n) is 5.10. The van der Waals surface area contributed by atoms with Crippen LogP contribution in [-0.2, 0) is 14.3 Å². The maximum atomic E-state index is 13.1. The molecule has 6 heteroatoms. The number of anilines is 1. The summed E-state index contributed by atoms with van der Waals surface area (Å²) in [5.74, 6) is -1.91. The topological polar surface area (TPSA) is 83.9 Å². The van der Waals surface area contributed by atoms with E-state index in [-0.39, 0.29) is 35.9 Å². The summed E-state index contributed by atoms with van der Waals surface area (Å²) in [5, 5.41) is 10.7. The molecule has 0 spiro atoms. The highest BCUT2D eigenvalue weighted by molar-refractivity contribution is 6.16. The van der Waals surface area contributed by atoms with Crippen molar-refractivity contribution in [1.29, 1.82) is 0 Å². The van der Waals surface area contributed by atoms with Crippen molar-refractivity contribution >= 4 is 23.3 Å². The number of carbonyl (C=O) groups is 3. The number of aliphatic hydroxyl groups excluding tert-OH is 1. The van der Waals surface area contributed by atoms with Crippen LogP contribution in [-0.4, -0.2) is 29.4 Å². The standard InChI is InChI=1S/C25H27NO5/c1-5-31-25(30)18-10-7-11-19(14-18)26-22(17-9-6-8-16(4)13-17)21(23(28)24(26)29)20(27)12-15(2)3/h6-11,13-15,22,28H,5,12H2,1-4H3. The minimum Gasteiger partial charge on any atom is -0.503 e. The Labute approximate surface area is 182 Å². The number of carbonyl (C=O) groups excluding carboxylic acids is 3. The van der Waals surface area contributed by atoms with Gasteiger partial charge in [-0.05, 0) is 43.5 Å². The Bertz CT molecular complexity index is 1050. The SMILES string of the molecule is CCOC(=O)c1cccc(N2C(=O)C(O)=C(C(=O)CC(C)C)C2c2cccc(C)c2)c1. The van der Waals surface area contributed by atoms with E-state index in [1.54, 1.807) is 31.2 Å². The number of nitrogens with zero attached hydrogens (tertiary/aromatic N) is 1. The molecular formula is C25H27NO5. The van der Waals surface area contributed by atoms with E-state index in [0.29, 0.717) is 11.3 Å². The first kappa shape index (κ1) is 22.3. The molecule has 6 nitrogen and oxygen atoms in total. The van der Waals surface area contributed by atoms with Crippen LogP contribution in [0.4, 0.5) is 5.69 Å². The van der Waals surface area contributed by atoms with Crippen molar-refractivity contribution in [1.82, 2.24) is 0 Å². The molecule has 1 aliphatic heterocycles. The van der Waals surface area contributed by atoms with Crippen LogP contribution >= 0.6 is 0 Å². The minimum atomic E-state index is -0.781. The molecule has 1 N–H and O–H groups in total. The lowest BCUT2D eigenvalue weighted by atomic mass is 9.91. The van der Waals surface area contributed by atoms with E-state index in [9.17, 15) is 19.5 Å². The fraction of sp³-hybridized carbons (Fsp3) is 0.320. The van der Waals surface area contributed by atoms with Gasteiger partial charge < -0.3 is 9.84 Å². The normalized spacial score (nSPS) is 16.2. The lowest BCUT2D eigenvalue weighted by Gasteiger charge is -2.27. The molecule has 162 valence electrons. The molecule has 31 heavy (non-hydrogen) atoms. The fourth-order valence-electron chi connectivity index (χ4n) is 3.79. The van der Waals surface area contributed by atoms with Gasteiger partial charge in [0.1, 0.15) is 0 Å². The van der Waals surface area contributed by atoms with Crippen LogP contribution in [0.5, 0.6) is 0 Å². The summed E-state index contributed by atoms with van der Waals surface area (Å²) in [5.41, 5.74) is 2.46. The molecule has 0 saturated carbocycles. The average molecular weight is 421 g/mol. The smallest absolute Gasteiger partial charge is 0.338 e. The van der Waals surface area contributed by atoms with Gasteiger partial charge in [0.2, 0.25) is 0 Å². The number of benzene rings is 2. The van der Waals surface area contributed by atoms with Gasteiger partial charge >= 0.3 is 5.97 Å². The average Bonchev–Trinajstić information content (AvgIpc) is 2.99. The molecule has 0 bridgehead atoms. The molecule has 0 aromatic heterocycles. The summed E-state index contributed by atoms with van der Waals surface area (Å²) in [6.45, 7) is 7.69. The highest BCUT2D eigenvalue weighted by Gasteiger charge is 2.44. The van der Waals surface area contributed by atoms with Crippen molar-refractivity contribution in [2.45, 2.75) is 40.2 Å². The second-order valence-corrected chi connectivity index (χ2v) is 8.05. The number of ether oxygens (including phenoxy) is 1.